The average molecular weight is 461 g/mol. The number of carbonyl (C=O) groups excluding carboxylic acids is 3. The molecule has 1 aromatic carbocycles. The van der Waals surface area contributed by atoms with Crippen LogP contribution in [0.1, 0.15) is 46.6 Å². The molecule has 1 aliphatic rings. The summed E-state index contributed by atoms with van der Waals surface area (Å²) in [5.74, 6) is 0.0923. The second kappa shape index (κ2) is 10.8. The summed E-state index contributed by atoms with van der Waals surface area (Å²) in [6, 6.07) is 7.55. The number of rotatable bonds is 8. The van der Waals surface area contributed by atoms with E-state index in [1.807, 2.05) is 31.2 Å². The average Bonchev–Trinajstić information content (AvgIpc) is 3.06. The fraction of sp³-hybridized carbons (Fsp3) is 0.435. The molecule has 3 rings (SSSR count). The number of esters is 1. The molecule has 2 N–H and O–H groups in total. The van der Waals surface area contributed by atoms with E-state index in [0.717, 1.165) is 41.0 Å². The van der Waals surface area contributed by atoms with Gasteiger partial charge in [0.2, 0.25) is 11.8 Å². The van der Waals surface area contributed by atoms with Crippen molar-refractivity contribution in [2.75, 3.05) is 28.7 Å². The lowest BCUT2D eigenvalue weighted by Crippen LogP contribution is -2.19. The molecule has 2 aromatic rings. The van der Waals surface area contributed by atoms with Crippen LogP contribution in [0.15, 0.2) is 24.3 Å². The van der Waals surface area contributed by atoms with Gasteiger partial charge in [-0.15, -0.1) is 23.1 Å². The van der Waals surface area contributed by atoms with Crippen molar-refractivity contribution in [1.82, 2.24) is 0 Å². The predicted molar refractivity (Wildman–Crippen MR) is 127 cm³/mol. The van der Waals surface area contributed by atoms with Gasteiger partial charge in [0, 0.05) is 10.6 Å². The maximum absolute atomic E-state index is 12.5. The van der Waals surface area contributed by atoms with Crippen LogP contribution in [0.3, 0.4) is 0 Å². The molecule has 0 radical (unpaired) electrons. The van der Waals surface area contributed by atoms with Crippen LogP contribution in [0.25, 0.3) is 0 Å². The van der Waals surface area contributed by atoms with Gasteiger partial charge in [0.25, 0.3) is 0 Å². The van der Waals surface area contributed by atoms with Crippen molar-refractivity contribution in [2.24, 2.45) is 5.92 Å². The van der Waals surface area contributed by atoms with Crippen LogP contribution < -0.4 is 10.6 Å². The smallest absolute Gasteiger partial charge is 0.341 e. The number of carbonyl (C=O) groups is 3. The summed E-state index contributed by atoms with van der Waals surface area (Å²) in [7, 11) is 0. The quantitative estimate of drug-likeness (QED) is 0.560. The standard InChI is InChI=1S/C23H28N2O4S2/c1-4-29-23(28)21-17-10-7-15(3)11-18(17)31-22(21)25-20(27)13-30-12-19(26)24-16-8-5-14(2)6-9-16/h5-6,8-9,15H,4,7,10-13H2,1-3H3,(H,24,26)(H,25,27). The minimum Gasteiger partial charge on any atom is -0.462 e. The second-order valence-corrected chi connectivity index (χ2v) is 9.82. The molecule has 0 bridgehead atoms. The van der Waals surface area contributed by atoms with Crippen LogP contribution in [-0.2, 0) is 27.2 Å². The minimum absolute atomic E-state index is 0.128. The molecule has 166 valence electrons. The maximum atomic E-state index is 12.5. The van der Waals surface area contributed by atoms with Crippen molar-refractivity contribution >= 4 is 51.6 Å². The highest BCUT2D eigenvalue weighted by atomic mass is 32.2. The number of thiophene rings is 1. The van der Waals surface area contributed by atoms with E-state index in [0.29, 0.717) is 23.1 Å². The first-order valence-electron chi connectivity index (χ1n) is 10.4. The molecule has 0 fully saturated rings. The van der Waals surface area contributed by atoms with Gasteiger partial charge < -0.3 is 15.4 Å². The number of hydrogen-bond acceptors (Lipinski definition) is 6. The summed E-state index contributed by atoms with van der Waals surface area (Å²) >= 11 is 2.70. The van der Waals surface area contributed by atoms with Gasteiger partial charge >= 0.3 is 5.97 Å². The molecule has 0 aliphatic heterocycles. The predicted octanol–water partition coefficient (Wildman–Crippen LogP) is 4.67. The molecule has 31 heavy (non-hydrogen) atoms. The highest BCUT2D eigenvalue weighted by Gasteiger charge is 2.29. The van der Waals surface area contributed by atoms with Gasteiger partial charge in [-0.05, 0) is 56.7 Å². The molecule has 1 aliphatic carbocycles. The summed E-state index contributed by atoms with van der Waals surface area (Å²) in [5.41, 5.74) is 3.38. The third-order valence-corrected chi connectivity index (χ3v) is 7.15. The van der Waals surface area contributed by atoms with Gasteiger partial charge in [0.05, 0.1) is 23.7 Å². The molecule has 0 saturated heterocycles. The Balaban J connectivity index is 1.56. The third kappa shape index (κ3) is 6.33. The molecular formula is C23H28N2O4S2. The van der Waals surface area contributed by atoms with Gasteiger partial charge in [-0.25, -0.2) is 4.79 Å². The van der Waals surface area contributed by atoms with E-state index in [9.17, 15) is 14.4 Å². The van der Waals surface area contributed by atoms with Crippen LogP contribution in [0.2, 0.25) is 0 Å². The first-order chi connectivity index (χ1) is 14.9. The molecule has 1 unspecified atom stereocenters. The van der Waals surface area contributed by atoms with Crippen LogP contribution in [-0.4, -0.2) is 35.9 Å². The molecule has 0 spiro atoms. The molecule has 0 saturated carbocycles. The van der Waals surface area contributed by atoms with E-state index < -0.39 is 0 Å². The van der Waals surface area contributed by atoms with Crippen molar-refractivity contribution < 1.29 is 19.1 Å². The number of anilines is 2. The van der Waals surface area contributed by atoms with Gasteiger partial charge in [-0.1, -0.05) is 24.6 Å². The Morgan fingerprint density at radius 2 is 1.81 bits per heavy atom. The largest absolute Gasteiger partial charge is 0.462 e. The van der Waals surface area contributed by atoms with E-state index in [1.54, 1.807) is 6.92 Å². The van der Waals surface area contributed by atoms with Gasteiger partial charge in [-0.3, -0.25) is 9.59 Å². The van der Waals surface area contributed by atoms with Crippen molar-refractivity contribution in [3.8, 4) is 0 Å². The number of ether oxygens (including phenoxy) is 1. The highest BCUT2D eigenvalue weighted by Crippen LogP contribution is 2.40. The summed E-state index contributed by atoms with van der Waals surface area (Å²) in [6.07, 6.45) is 2.76. The van der Waals surface area contributed by atoms with E-state index in [2.05, 4.69) is 17.6 Å². The Kier molecular flexibility index (Phi) is 8.15. The normalized spacial score (nSPS) is 15.1. The Morgan fingerprint density at radius 3 is 2.48 bits per heavy atom. The molecule has 1 aromatic heterocycles. The van der Waals surface area contributed by atoms with Gasteiger partial charge in [-0.2, -0.15) is 0 Å². The Morgan fingerprint density at radius 1 is 1.13 bits per heavy atom. The lowest BCUT2D eigenvalue weighted by molar-refractivity contribution is -0.114. The van der Waals surface area contributed by atoms with Gasteiger partial charge in [0.15, 0.2) is 0 Å². The lowest BCUT2D eigenvalue weighted by atomic mass is 9.88. The fourth-order valence-electron chi connectivity index (χ4n) is 3.49. The number of thioether (sulfide) groups is 1. The Bertz CT molecular complexity index is 953. The highest BCUT2D eigenvalue weighted by molar-refractivity contribution is 8.00. The molecule has 6 nitrogen and oxygen atoms in total. The van der Waals surface area contributed by atoms with Crippen LogP contribution in [0, 0.1) is 12.8 Å². The van der Waals surface area contributed by atoms with E-state index >= 15 is 0 Å². The number of benzene rings is 1. The fourth-order valence-corrected chi connectivity index (χ4v) is 5.52. The maximum Gasteiger partial charge on any atom is 0.341 e. The number of hydrogen-bond donors (Lipinski definition) is 2. The van der Waals surface area contributed by atoms with Crippen molar-refractivity contribution in [3.63, 3.8) is 0 Å². The van der Waals surface area contributed by atoms with Crippen LogP contribution >= 0.6 is 23.1 Å². The first-order valence-corrected chi connectivity index (χ1v) is 12.4. The van der Waals surface area contributed by atoms with E-state index in [4.69, 9.17) is 4.74 Å². The Hall–Kier alpha value is -2.32. The first kappa shape index (κ1) is 23.3. The minimum atomic E-state index is -0.380. The van der Waals surface area contributed by atoms with Crippen molar-refractivity contribution in [3.05, 3.63) is 45.8 Å². The number of fused-ring (bicyclic) bond motifs is 1. The summed E-state index contributed by atoms with van der Waals surface area (Å²) in [4.78, 5) is 38.3. The van der Waals surface area contributed by atoms with Crippen molar-refractivity contribution in [2.45, 2.75) is 40.0 Å². The number of aryl methyl sites for hydroxylation is 1. The summed E-state index contributed by atoms with van der Waals surface area (Å²) in [5, 5.41) is 6.26. The molecular weight excluding hydrogens is 432 g/mol. The summed E-state index contributed by atoms with van der Waals surface area (Å²) in [6.45, 7) is 6.25. The van der Waals surface area contributed by atoms with Crippen LogP contribution in [0.5, 0.6) is 0 Å². The SMILES string of the molecule is CCOC(=O)c1c(NC(=O)CSCC(=O)Nc2ccc(C)cc2)sc2c1CCC(C)C2. The van der Waals surface area contributed by atoms with E-state index in [1.165, 1.54) is 23.1 Å². The van der Waals surface area contributed by atoms with Crippen molar-refractivity contribution in [1.29, 1.82) is 0 Å². The molecule has 2 amide bonds. The molecule has 1 atom stereocenters. The molecule has 8 heteroatoms. The summed E-state index contributed by atoms with van der Waals surface area (Å²) < 4.78 is 5.24. The van der Waals surface area contributed by atoms with Gasteiger partial charge in [0.1, 0.15) is 5.00 Å². The monoisotopic (exact) mass is 460 g/mol. The zero-order chi connectivity index (χ0) is 22.4. The molecule has 1 heterocycles. The number of amides is 2. The second-order valence-electron chi connectivity index (χ2n) is 7.73. The van der Waals surface area contributed by atoms with E-state index in [-0.39, 0.29) is 29.3 Å². The third-order valence-electron chi connectivity index (χ3n) is 5.05. The lowest BCUT2D eigenvalue weighted by Gasteiger charge is -2.18. The zero-order valence-electron chi connectivity index (χ0n) is 18.1. The Labute approximate surface area is 191 Å². The number of nitrogens with one attached hydrogen (secondary N) is 2. The zero-order valence-corrected chi connectivity index (χ0v) is 19.7. The topological polar surface area (TPSA) is 84.5 Å². The van der Waals surface area contributed by atoms with Crippen LogP contribution in [0.4, 0.5) is 10.7 Å².